The van der Waals surface area contributed by atoms with Crippen molar-refractivity contribution >= 4 is 44.9 Å². The van der Waals surface area contributed by atoms with Gasteiger partial charge >= 0.3 is 5.97 Å². The summed E-state index contributed by atoms with van der Waals surface area (Å²) < 4.78 is 30.8. The minimum atomic E-state index is -3.71. The van der Waals surface area contributed by atoms with Crippen molar-refractivity contribution in [2.75, 3.05) is 22.5 Å². The van der Waals surface area contributed by atoms with Gasteiger partial charge in [0.1, 0.15) is 6.04 Å². The molecule has 9 heteroatoms. The maximum atomic E-state index is 12.9. The van der Waals surface area contributed by atoms with Gasteiger partial charge in [0.2, 0.25) is 15.9 Å². The van der Waals surface area contributed by atoms with Gasteiger partial charge in [-0.25, -0.2) is 13.2 Å². The molecule has 1 amide bonds. The van der Waals surface area contributed by atoms with E-state index in [-0.39, 0.29) is 23.6 Å². The molecule has 7 nitrogen and oxygen atoms in total. The Kier molecular flexibility index (Phi) is 7.64. The molecule has 2 rings (SSSR count). The Bertz CT molecular complexity index is 980. The molecule has 2 aromatic rings. The lowest BCUT2D eigenvalue weighted by atomic mass is 10.1. The van der Waals surface area contributed by atoms with Crippen LogP contribution in [0, 0.1) is 0 Å². The van der Waals surface area contributed by atoms with Gasteiger partial charge < -0.3 is 10.1 Å². The maximum Gasteiger partial charge on any atom is 0.339 e. The minimum absolute atomic E-state index is 0.123. The number of benzene rings is 2. The summed E-state index contributed by atoms with van der Waals surface area (Å²) in [7, 11) is -3.71. The molecule has 0 saturated carbocycles. The van der Waals surface area contributed by atoms with Crippen molar-refractivity contribution in [2.45, 2.75) is 26.3 Å². The lowest BCUT2D eigenvalue weighted by Gasteiger charge is -2.30. The van der Waals surface area contributed by atoms with Crippen molar-refractivity contribution in [3.8, 4) is 0 Å². The number of sulfonamides is 1. The molecule has 1 N–H and O–H groups in total. The van der Waals surface area contributed by atoms with E-state index in [0.717, 1.165) is 10.6 Å². The lowest BCUT2D eigenvalue weighted by molar-refractivity contribution is -0.117. The van der Waals surface area contributed by atoms with Gasteiger partial charge in [-0.05, 0) is 43.7 Å². The fourth-order valence-electron chi connectivity index (χ4n) is 2.83. The molecule has 0 bridgehead atoms. The predicted molar refractivity (Wildman–Crippen MR) is 114 cm³/mol. The Morgan fingerprint density at radius 2 is 1.79 bits per heavy atom. The molecule has 0 fully saturated rings. The molecular weight excluding hydrogens is 416 g/mol. The molecule has 0 saturated heterocycles. The SMILES string of the molecule is CCOC(=O)c1ccc(NC(=O)C(CC)N(c2ccccc2)S(C)(=O)=O)cc1Cl. The van der Waals surface area contributed by atoms with E-state index in [4.69, 9.17) is 16.3 Å². The highest BCUT2D eigenvalue weighted by Gasteiger charge is 2.31. The molecule has 0 aliphatic rings. The van der Waals surface area contributed by atoms with Crippen molar-refractivity contribution in [2.24, 2.45) is 0 Å². The minimum Gasteiger partial charge on any atom is -0.462 e. The van der Waals surface area contributed by atoms with Crippen LogP contribution in [-0.2, 0) is 19.6 Å². The van der Waals surface area contributed by atoms with Crippen molar-refractivity contribution < 1.29 is 22.7 Å². The summed E-state index contributed by atoms with van der Waals surface area (Å²) >= 11 is 6.13. The third-order valence-corrected chi connectivity index (χ3v) is 5.56. The molecular formula is C20H23ClN2O5S. The van der Waals surface area contributed by atoms with E-state index in [1.165, 1.54) is 18.2 Å². The molecule has 0 aliphatic carbocycles. The van der Waals surface area contributed by atoms with Crippen LogP contribution in [0.4, 0.5) is 11.4 Å². The number of halogens is 1. The summed E-state index contributed by atoms with van der Waals surface area (Å²) in [6, 6.07) is 11.8. The Hall–Kier alpha value is -2.58. The van der Waals surface area contributed by atoms with Crippen LogP contribution in [0.25, 0.3) is 0 Å². The standard InChI is InChI=1S/C20H23ClN2O5S/c1-4-18(23(29(3,26)27)15-9-7-6-8-10-15)19(24)22-14-11-12-16(17(21)13-14)20(25)28-5-2/h6-13,18H,4-5H2,1-3H3,(H,22,24). The quantitative estimate of drug-likeness (QED) is 0.634. The maximum absolute atomic E-state index is 12.9. The molecule has 2 aromatic carbocycles. The predicted octanol–water partition coefficient (Wildman–Crippen LogP) is 3.70. The number of hydrogen-bond donors (Lipinski definition) is 1. The average molecular weight is 439 g/mol. The van der Waals surface area contributed by atoms with Gasteiger partial charge in [0, 0.05) is 5.69 Å². The summed E-state index contributed by atoms with van der Waals surface area (Å²) in [5, 5.41) is 2.80. The molecule has 0 aromatic heterocycles. The molecule has 0 spiro atoms. The smallest absolute Gasteiger partial charge is 0.339 e. The zero-order valence-corrected chi connectivity index (χ0v) is 18.0. The summed E-state index contributed by atoms with van der Waals surface area (Å²) in [6.07, 6.45) is 1.31. The summed E-state index contributed by atoms with van der Waals surface area (Å²) in [4.78, 5) is 24.7. The van der Waals surface area contributed by atoms with Crippen LogP contribution in [0.3, 0.4) is 0 Å². The van der Waals surface area contributed by atoms with Gasteiger partial charge in [0.05, 0.1) is 29.1 Å². The van der Waals surface area contributed by atoms with Gasteiger partial charge in [0.25, 0.3) is 0 Å². The molecule has 0 aliphatic heterocycles. The van der Waals surface area contributed by atoms with E-state index in [0.29, 0.717) is 11.4 Å². The Morgan fingerprint density at radius 3 is 2.31 bits per heavy atom. The normalized spacial score (nSPS) is 12.1. The highest BCUT2D eigenvalue weighted by molar-refractivity contribution is 7.92. The van der Waals surface area contributed by atoms with Gasteiger partial charge in [-0.15, -0.1) is 0 Å². The molecule has 1 atom stereocenters. The van der Waals surface area contributed by atoms with Crippen molar-refractivity contribution in [3.63, 3.8) is 0 Å². The fraction of sp³-hybridized carbons (Fsp3) is 0.300. The zero-order valence-electron chi connectivity index (χ0n) is 16.4. The fourth-order valence-corrected chi connectivity index (χ4v) is 4.30. The van der Waals surface area contributed by atoms with E-state index < -0.39 is 27.9 Å². The Labute approximate surface area is 175 Å². The number of nitrogens with one attached hydrogen (secondary N) is 1. The number of para-hydroxylation sites is 1. The highest BCUT2D eigenvalue weighted by Crippen LogP contribution is 2.25. The van der Waals surface area contributed by atoms with Crippen LogP contribution in [0.2, 0.25) is 5.02 Å². The van der Waals surface area contributed by atoms with Crippen LogP contribution in [-0.4, -0.2) is 39.2 Å². The van der Waals surface area contributed by atoms with Crippen LogP contribution in [0.1, 0.15) is 30.6 Å². The second-order valence-electron chi connectivity index (χ2n) is 6.22. The van der Waals surface area contributed by atoms with E-state index in [2.05, 4.69) is 5.32 Å². The number of carbonyl (C=O) groups is 2. The molecule has 0 heterocycles. The van der Waals surface area contributed by atoms with Crippen LogP contribution < -0.4 is 9.62 Å². The van der Waals surface area contributed by atoms with Gasteiger partial charge in [-0.1, -0.05) is 36.7 Å². The van der Waals surface area contributed by atoms with Gasteiger partial charge in [0.15, 0.2) is 0 Å². The molecule has 156 valence electrons. The number of rotatable bonds is 8. The van der Waals surface area contributed by atoms with Crippen LogP contribution in [0.15, 0.2) is 48.5 Å². The average Bonchev–Trinajstić information content (AvgIpc) is 2.65. The summed E-state index contributed by atoms with van der Waals surface area (Å²) in [5.41, 5.74) is 0.918. The van der Waals surface area contributed by atoms with Crippen LogP contribution >= 0.6 is 11.6 Å². The topological polar surface area (TPSA) is 92.8 Å². The lowest BCUT2D eigenvalue weighted by Crippen LogP contribution is -2.46. The van der Waals surface area contributed by atoms with Gasteiger partial charge in [-0.3, -0.25) is 9.10 Å². The number of anilines is 2. The van der Waals surface area contributed by atoms with E-state index >= 15 is 0 Å². The molecule has 1 unspecified atom stereocenters. The van der Waals surface area contributed by atoms with E-state index in [1.54, 1.807) is 44.2 Å². The van der Waals surface area contributed by atoms with Crippen molar-refractivity contribution in [1.29, 1.82) is 0 Å². The third-order valence-electron chi connectivity index (χ3n) is 4.07. The van der Waals surface area contributed by atoms with E-state index in [9.17, 15) is 18.0 Å². The van der Waals surface area contributed by atoms with Crippen molar-refractivity contribution in [1.82, 2.24) is 0 Å². The number of esters is 1. The molecule has 29 heavy (non-hydrogen) atoms. The monoisotopic (exact) mass is 438 g/mol. The number of nitrogens with zero attached hydrogens (tertiary/aromatic N) is 1. The molecule has 0 radical (unpaired) electrons. The van der Waals surface area contributed by atoms with Gasteiger partial charge in [-0.2, -0.15) is 0 Å². The highest BCUT2D eigenvalue weighted by atomic mass is 35.5. The largest absolute Gasteiger partial charge is 0.462 e. The zero-order chi connectivity index (χ0) is 21.6. The number of amides is 1. The first kappa shape index (κ1) is 22.7. The van der Waals surface area contributed by atoms with Crippen LogP contribution in [0.5, 0.6) is 0 Å². The number of hydrogen-bond acceptors (Lipinski definition) is 5. The number of ether oxygens (including phenoxy) is 1. The Morgan fingerprint density at radius 1 is 1.14 bits per heavy atom. The second-order valence-corrected chi connectivity index (χ2v) is 8.49. The first-order valence-corrected chi connectivity index (χ1v) is 11.2. The summed E-state index contributed by atoms with van der Waals surface area (Å²) in [6.45, 7) is 3.63. The summed E-state index contributed by atoms with van der Waals surface area (Å²) in [5.74, 6) is -1.07. The second kappa shape index (κ2) is 9.76. The third kappa shape index (κ3) is 5.71. The Balaban J connectivity index is 2.29. The van der Waals surface area contributed by atoms with E-state index in [1.807, 2.05) is 0 Å². The first-order valence-electron chi connectivity index (χ1n) is 9.01. The van der Waals surface area contributed by atoms with Crippen molar-refractivity contribution in [3.05, 3.63) is 59.1 Å². The first-order chi connectivity index (χ1) is 13.7. The number of carbonyl (C=O) groups excluding carboxylic acids is 2.